The Morgan fingerprint density at radius 3 is 2.49 bits per heavy atom. The van der Waals surface area contributed by atoms with E-state index in [0.29, 0.717) is 61.2 Å². The van der Waals surface area contributed by atoms with Crippen LogP contribution in [-0.2, 0) is 6.42 Å². The molecule has 41 heavy (non-hydrogen) atoms. The third-order valence-corrected chi connectivity index (χ3v) is 7.20. The molecule has 9 nitrogen and oxygen atoms in total. The molecule has 0 aliphatic carbocycles. The number of hydrogen-bond acceptors (Lipinski definition) is 6. The lowest BCUT2D eigenvalue weighted by Gasteiger charge is -2.27. The van der Waals surface area contributed by atoms with E-state index in [9.17, 15) is 9.59 Å². The Bertz CT molecular complexity index is 1350. The molecule has 0 saturated carbocycles. The van der Waals surface area contributed by atoms with E-state index < -0.39 is 0 Å². The summed E-state index contributed by atoms with van der Waals surface area (Å²) in [5.74, 6) is 1.16. The Morgan fingerprint density at radius 2 is 1.73 bits per heavy atom. The second-order valence-electron chi connectivity index (χ2n) is 9.73. The highest BCUT2D eigenvalue weighted by Crippen LogP contribution is 2.32. The molecule has 218 valence electrons. The maximum absolute atomic E-state index is 13.2. The van der Waals surface area contributed by atoms with Gasteiger partial charge in [0.15, 0.2) is 11.5 Å². The summed E-state index contributed by atoms with van der Waals surface area (Å²) >= 11 is 6.25. The van der Waals surface area contributed by atoms with Crippen LogP contribution in [0.5, 0.6) is 11.5 Å². The van der Waals surface area contributed by atoms with Crippen LogP contribution in [0.25, 0.3) is 0 Å². The third-order valence-electron chi connectivity index (χ3n) is 6.96. The van der Waals surface area contributed by atoms with Crippen molar-refractivity contribution in [3.05, 3.63) is 76.8 Å². The van der Waals surface area contributed by atoms with Crippen LogP contribution in [0.3, 0.4) is 0 Å². The van der Waals surface area contributed by atoms with Crippen LogP contribution in [0, 0.1) is 0 Å². The molecule has 3 N–H and O–H groups in total. The van der Waals surface area contributed by atoms with Crippen LogP contribution in [0.1, 0.15) is 29.3 Å². The maximum Gasteiger partial charge on any atom is 0.317 e. The molecular formula is C31H38ClN5O4. The van der Waals surface area contributed by atoms with E-state index in [2.05, 4.69) is 20.9 Å². The molecule has 3 aromatic carbocycles. The zero-order valence-corrected chi connectivity index (χ0v) is 24.6. The van der Waals surface area contributed by atoms with Crippen molar-refractivity contribution in [1.29, 1.82) is 0 Å². The molecule has 0 atom stereocenters. The summed E-state index contributed by atoms with van der Waals surface area (Å²) in [5, 5.41) is 10.0. The number of halogens is 1. The van der Waals surface area contributed by atoms with Crippen molar-refractivity contribution in [3.63, 3.8) is 0 Å². The van der Waals surface area contributed by atoms with E-state index in [0.717, 1.165) is 35.6 Å². The Morgan fingerprint density at radius 1 is 0.902 bits per heavy atom. The van der Waals surface area contributed by atoms with Crippen LogP contribution in [-0.4, -0.2) is 70.3 Å². The van der Waals surface area contributed by atoms with Gasteiger partial charge in [-0.15, -0.1) is 0 Å². The monoisotopic (exact) mass is 579 g/mol. The molecular weight excluding hydrogens is 542 g/mol. The molecule has 3 aromatic rings. The molecule has 0 aromatic heterocycles. The molecule has 0 radical (unpaired) electrons. The predicted octanol–water partition coefficient (Wildman–Crippen LogP) is 5.31. The van der Waals surface area contributed by atoms with E-state index >= 15 is 0 Å². The number of hydrogen-bond donors (Lipinski definition) is 3. The minimum atomic E-state index is -0.163. The Hall–Kier alpha value is -4.11. The molecule has 0 unspecified atom stereocenters. The molecule has 0 spiro atoms. The highest BCUT2D eigenvalue weighted by atomic mass is 35.5. The van der Waals surface area contributed by atoms with Gasteiger partial charge in [0.25, 0.3) is 5.91 Å². The summed E-state index contributed by atoms with van der Waals surface area (Å²) in [6.07, 6.45) is 1.49. The van der Waals surface area contributed by atoms with Gasteiger partial charge in [0.05, 0.1) is 25.6 Å². The fraction of sp³-hybridized carbons (Fsp3) is 0.355. The Balaban J connectivity index is 1.50. The lowest BCUT2D eigenvalue weighted by Crippen LogP contribution is -2.42. The van der Waals surface area contributed by atoms with Crippen LogP contribution >= 0.6 is 11.6 Å². The number of carbonyl (C=O) groups excluding carboxylic acids is 2. The van der Waals surface area contributed by atoms with Crippen molar-refractivity contribution in [2.24, 2.45) is 0 Å². The number of methoxy groups -OCH3 is 2. The summed E-state index contributed by atoms with van der Waals surface area (Å²) in [7, 11) is 3.21. The fourth-order valence-electron chi connectivity index (χ4n) is 4.86. The first-order chi connectivity index (χ1) is 19.9. The number of amides is 3. The van der Waals surface area contributed by atoms with Gasteiger partial charge >= 0.3 is 6.03 Å². The zero-order valence-electron chi connectivity index (χ0n) is 23.8. The van der Waals surface area contributed by atoms with Gasteiger partial charge in [0, 0.05) is 55.5 Å². The second-order valence-corrected chi connectivity index (χ2v) is 10.2. The number of benzene rings is 3. The van der Waals surface area contributed by atoms with Crippen LogP contribution in [0.4, 0.5) is 21.9 Å². The molecule has 4 rings (SSSR count). The first kappa shape index (κ1) is 29.9. The summed E-state index contributed by atoms with van der Waals surface area (Å²) < 4.78 is 10.7. The van der Waals surface area contributed by atoms with Crippen molar-refractivity contribution in [2.45, 2.75) is 19.8 Å². The topological polar surface area (TPSA) is 95.2 Å². The quantitative estimate of drug-likeness (QED) is 0.301. The molecule has 10 heteroatoms. The van der Waals surface area contributed by atoms with Gasteiger partial charge in [0.1, 0.15) is 0 Å². The largest absolute Gasteiger partial charge is 0.493 e. The van der Waals surface area contributed by atoms with Gasteiger partial charge in [-0.3, -0.25) is 4.79 Å². The normalized spacial score (nSPS) is 13.3. The lowest BCUT2D eigenvalue weighted by atomic mass is 10.1. The smallest absolute Gasteiger partial charge is 0.317 e. The van der Waals surface area contributed by atoms with Gasteiger partial charge in [0.2, 0.25) is 0 Å². The maximum atomic E-state index is 13.2. The zero-order chi connectivity index (χ0) is 29.2. The van der Waals surface area contributed by atoms with Crippen LogP contribution < -0.4 is 30.3 Å². The highest BCUT2D eigenvalue weighted by molar-refractivity contribution is 6.30. The van der Waals surface area contributed by atoms with Gasteiger partial charge in [-0.05, 0) is 73.9 Å². The van der Waals surface area contributed by atoms with Crippen LogP contribution in [0.15, 0.2) is 60.7 Å². The van der Waals surface area contributed by atoms with Crippen molar-refractivity contribution in [3.8, 4) is 11.5 Å². The molecule has 1 aliphatic heterocycles. The summed E-state index contributed by atoms with van der Waals surface area (Å²) in [6, 6.07) is 18.9. The van der Waals surface area contributed by atoms with Crippen molar-refractivity contribution < 1.29 is 19.1 Å². The van der Waals surface area contributed by atoms with Crippen LogP contribution in [0.2, 0.25) is 5.02 Å². The van der Waals surface area contributed by atoms with E-state index in [4.69, 9.17) is 21.1 Å². The molecule has 0 bridgehead atoms. The molecule has 3 amide bonds. The van der Waals surface area contributed by atoms with E-state index in [1.54, 1.807) is 14.2 Å². The first-order valence-electron chi connectivity index (χ1n) is 13.8. The van der Waals surface area contributed by atoms with Crippen molar-refractivity contribution in [2.75, 3.05) is 63.7 Å². The second kappa shape index (κ2) is 14.5. The first-order valence-corrected chi connectivity index (χ1v) is 14.2. The number of carbonyl (C=O) groups is 2. The lowest BCUT2D eigenvalue weighted by molar-refractivity contribution is 0.0954. The summed E-state index contributed by atoms with van der Waals surface area (Å²) in [4.78, 5) is 29.7. The van der Waals surface area contributed by atoms with Gasteiger partial charge in [-0.1, -0.05) is 23.7 Å². The van der Waals surface area contributed by atoms with Gasteiger partial charge in [-0.2, -0.15) is 0 Å². The fourth-order valence-corrected chi connectivity index (χ4v) is 5.05. The minimum Gasteiger partial charge on any atom is -0.493 e. The van der Waals surface area contributed by atoms with Gasteiger partial charge in [-0.25, -0.2) is 4.79 Å². The Kier molecular flexibility index (Phi) is 10.6. The standard InChI is InChI=1S/C31H38ClN5O4/c1-4-33-31(39)37-16-6-15-36(17-18-37)27-11-10-23(20-26(27)35-25-8-5-7-24(32)21-25)30(38)34-14-13-22-9-12-28(40-2)29(19-22)41-3/h5,7-12,19-21,35H,4,6,13-18H2,1-3H3,(H,33,39)(H,34,38). The predicted molar refractivity (Wildman–Crippen MR) is 164 cm³/mol. The van der Waals surface area contributed by atoms with Crippen molar-refractivity contribution >= 4 is 40.6 Å². The van der Waals surface area contributed by atoms with E-state index in [1.165, 1.54) is 0 Å². The number of nitrogens with zero attached hydrogens (tertiary/aromatic N) is 2. The average Bonchev–Trinajstić information content (AvgIpc) is 3.23. The highest BCUT2D eigenvalue weighted by Gasteiger charge is 2.21. The van der Waals surface area contributed by atoms with Crippen molar-refractivity contribution in [1.82, 2.24) is 15.5 Å². The average molecular weight is 580 g/mol. The number of nitrogens with one attached hydrogen (secondary N) is 3. The van der Waals surface area contributed by atoms with E-state index in [-0.39, 0.29) is 11.9 Å². The SMILES string of the molecule is CCNC(=O)N1CCCN(c2ccc(C(=O)NCCc3ccc(OC)c(OC)c3)cc2Nc2cccc(Cl)c2)CC1. The molecule has 1 heterocycles. The molecule has 1 fully saturated rings. The third kappa shape index (κ3) is 7.98. The molecule has 1 saturated heterocycles. The number of urea groups is 1. The number of ether oxygens (including phenoxy) is 2. The van der Waals surface area contributed by atoms with E-state index in [1.807, 2.05) is 72.5 Å². The summed E-state index contributed by atoms with van der Waals surface area (Å²) in [5.41, 5.74) is 4.16. The minimum absolute atomic E-state index is 0.0354. The number of anilines is 3. The Labute approximate surface area is 246 Å². The van der Waals surface area contributed by atoms with Gasteiger partial charge < -0.3 is 35.2 Å². The summed E-state index contributed by atoms with van der Waals surface area (Å²) in [6.45, 7) is 5.76. The number of rotatable bonds is 10. The molecule has 1 aliphatic rings.